The van der Waals surface area contributed by atoms with Crippen molar-refractivity contribution in [2.24, 2.45) is 0 Å². The Labute approximate surface area is 131 Å². The summed E-state index contributed by atoms with van der Waals surface area (Å²) >= 11 is 5.33. The fraction of sp³-hybridized carbons (Fsp3) is 0.533. The van der Waals surface area contributed by atoms with Crippen LogP contribution in [0.2, 0.25) is 0 Å². The maximum Gasteiger partial charge on any atom is 0.0970 e. The van der Waals surface area contributed by atoms with E-state index < -0.39 is 0 Å². The summed E-state index contributed by atoms with van der Waals surface area (Å²) in [6.07, 6.45) is 2.35. The van der Waals surface area contributed by atoms with Gasteiger partial charge in [0.05, 0.1) is 21.8 Å². The van der Waals surface area contributed by atoms with E-state index in [4.69, 9.17) is 10.1 Å². The van der Waals surface area contributed by atoms with Crippen LogP contribution >= 0.6 is 27.3 Å². The van der Waals surface area contributed by atoms with Crippen molar-refractivity contribution in [2.75, 3.05) is 19.7 Å². The highest BCUT2D eigenvalue weighted by Gasteiger charge is 2.35. The monoisotopic (exact) mass is 354 g/mol. The molecule has 1 fully saturated rings. The molecule has 5 heteroatoms. The number of aromatic nitrogens is 1. The van der Waals surface area contributed by atoms with Crippen molar-refractivity contribution in [3.63, 3.8) is 0 Å². The molecule has 2 aromatic rings. The van der Waals surface area contributed by atoms with E-state index in [0.717, 1.165) is 23.1 Å². The predicted molar refractivity (Wildman–Crippen MR) is 87.4 cm³/mol. The molecule has 0 radical (unpaired) electrons. The second-order valence-electron chi connectivity index (χ2n) is 5.34. The van der Waals surface area contributed by atoms with Crippen LogP contribution in [-0.4, -0.2) is 40.7 Å². The molecule has 0 spiro atoms. The van der Waals surface area contributed by atoms with Crippen LogP contribution in [-0.2, 0) is 0 Å². The maximum atomic E-state index is 9.08. The number of likely N-dealkylation sites (N-methyl/N-ethyl adjacent to an activating group) is 1. The molecular formula is C15H19BrN2OS. The second-order valence-corrected chi connectivity index (χ2v) is 7.32. The van der Waals surface area contributed by atoms with Crippen LogP contribution in [0.15, 0.2) is 22.7 Å². The van der Waals surface area contributed by atoms with Gasteiger partial charge in [0.1, 0.15) is 0 Å². The van der Waals surface area contributed by atoms with Crippen LogP contribution in [0, 0.1) is 0 Å². The van der Waals surface area contributed by atoms with Crippen LogP contribution in [0.3, 0.4) is 0 Å². The third-order valence-corrected chi connectivity index (χ3v) is 5.81. The zero-order valence-corrected chi connectivity index (χ0v) is 14.0. The van der Waals surface area contributed by atoms with Crippen molar-refractivity contribution in [3.05, 3.63) is 27.7 Å². The minimum atomic E-state index is 0.254. The normalized spacial score (nSPS) is 22.4. The van der Waals surface area contributed by atoms with E-state index in [1.54, 1.807) is 0 Å². The third-order valence-electron chi connectivity index (χ3n) is 4.14. The summed E-state index contributed by atoms with van der Waals surface area (Å²) in [7, 11) is 0. The van der Waals surface area contributed by atoms with Gasteiger partial charge in [-0.3, -0.25) is 4.90 Å². The van der Waals surface area contributed by atoms with Gasteiger partial charge in [0.15, 0.2) is 0 Å². The van der Waals surface area contributed by atoms with E-state index in [1.165, 1.54) is 22.5 Å². The fourth-order valence-electron chi connectivity index (χ4n) is 2.91. The lowest BCUT2D eigenvalue weighted by Gasteiger charge is -2.41. The van der Waals surface area contributed by atoms with Gasteiger partial charge in [-0.25, -0.2) is 4.98 Å². The summed E-state index contributed by atoms with van der Waals surface area (Å²) in [5.74, 6) is 0.601. The molecular weight excluding hydrogens is 336 g/mol. The number of aliphatic hydroxyl groups excluding tert-OH is 1. The average Bonchev–Trinajstić information content (AvgIpc) is 2.78. The molecule has 20 heavy (non-hydrogen) atoms. The minimum absolute atomic E-state index is 0.254. The van der Waals surface area contributed by atoms with Crippen LogP contribution in [0.25, 0.3) is 10.2 Å². The highest BCUT2D eigenvalue weighted by Crippen LogP contribution is 2.42. The number of thiazole rings is 1. The number of hydrogen-bond acceptors (Lipinski definition) is 4. The first kappa shape index (κ1) is 14.4. The topological polar surface area (TPSA) is 36.4 Å². The van der Waals surface area contributed by atoms with Gasteiger partial charge >= 0.3 is 0 Å². The zero-order valence-electron chi connectivity index (χ0n) is 11.6. The van der Waals surface area contributed by atoms with Gasteiger partial charge in [-0.15, -0.1) is 11.3 Å². The van der Waals surface area contributed by atoms with Gasteiger partial charge in [0.25, 0.3) is 0 Å². The van der Waals surface area contributed by atoms with Crippen LogP contribution in [0.1, 0.15) is 30.7 Å². The van der Waals surface area contributed by atoms with Gasteiger partial charge in [0, 0.05) is 23.0 Å². The van der Waals surface area contributed by atoms with E-state index in [2.05, 4.69) is 46.0 Å². The van der Waals surface area contributed by atoms with E-state index in [-0.39, 0.29) is 6.61 Å². The molecule has 0 aliphatic heterocycles. The Morgan fingerprint density at radius 2 is 2.25 bits per heavy atom. The quantitative estimate of drug-likeness (QED) is 0.890. The average molecular weight is 355 g/mol. The molecule has 1 heterocycles. The van der Waals surface area contributed by atoms with E-state index in [9.17, 15) is 0 Å². The molecule has 108 valence electrons. The molecule has 1 saturated carbocycles. The Kier molecular flexibility index (Phi) is 4.40. The molecule has 1 N–H and O–H groups in total. The number of nitrogens with zero attached hydrogens (tertiary/aromatic N) is 2. The highest BCUT2D eigenvalue weighted by molar-refractivity contribution is 9.10. The fourth-order valence-corrected chi connectivity index (χ4v) is 4.55. The van der Waals surface area contributed by atoms with Gasteiger partial charge in [-0.2, -0.15) is 0 Å². The number of fused-ring (bicyclic) bond motifs is 1. The number of aliphatic hydroxyl groups is 1. The molecule has 0 bridgehead atoms. The number of hydrogen-bond donors (Lipinski definition) is 1. The first-order chi connectivity index (χ1) is 9.71. The van der Waals surface area contributed by atoms with E-state index >= 15 is 0 Å². The zero-order chi connectivity index (χ0) is 14.1. The summed E-state index contributed by atoms with van der Waals surface area (Å²) in [5, 5.41) is 10.4. The number of rotatable bonds is 5. The summed E-state index contributed by atoms with van der Waals surface area (Å²) in [4.78, 5) is 7.15. The molecule has 3 nitrogen and oxygen atoms in total. The van der Waals surface area contributed by atoms with Gasteiger partial charge < -0.3 is 5.11 Å². The Bertz CT molecular complexity index is 595. The maximum absolute atomic E-state index is 9.08. The lowest BCUT2D eigenvalue weighted by Crippen LogP contribution is -2.44. The largest absolute Gasteiger partial charge is 0.395 e. The minimum Gasteiger partial charge on any atom is -0.395 e. The molecule has 3 rings (SSSR count). The second kappa shape index (κ2) is 6.10. The molecule has 1 aliphatic rings. The lowest BCUT2D eigenvalue weighted by molar-refractivity contribution is 0.0923. The van der Waals surface area contributed by atoms with Crippen LogP contribution in [0.5, 0.6) is 0 Å². The molecule has 0 unspecified atom stereocenters. The van der Waals surface area contributed by atoms with E-state index in [0.29, 0.717) is 12.0 Å². The Morgan fingerprint density at radius 1 is 1.45 bits per heavy atom. The van der Waals surface area contributed by atoms with Crippen LogP contribution < -0.4 is 0 Å². The molecule has 0 atom stereocenters. The van der Waals surface area contributed by atoms with Crippen molar-refractivity contribution >= 4 is 37.5 Å². The van der Waals surface area contributed by atoms with Crippen molar-refractivity contribution in [3.8, 4) is 0 Å². The molecule has 1 aromatic carbocycles. The Hall–Kier alpha value is -0.490. The smallest absolute Gasteiger partial charge is 0.0970 e. The predicted octanol–water partition coefficient (Wildman–Crippen LogP) is 3.62. The summed E-state index contributed by atoms with van der Waals surface area (Å²) in [6.45, 7) is 4.23. The van der Waals surface area contributed by atoms with Gasteiger partial charge in [-0.05, 0) is 37.6 Å². The number of halogens is 1. The Balaban J connectivity index is 1.69. The van der Waals surface area contributed by atoms with Gasteiger partial charge in [-0.1, -0.05) is 22.9 Å². The molecule has 0 saturated heterocycles. The van der Waals surface area contributed by atoms with Crippen molar-refractivity contribution in [1.82, 2.24) is 9.88 Å². The number of benzene rings is 1. The van der Waals surface area contributed by atoms with Crippen molar-refractivity contribution in [2.45, 2.75) is 31.7 Å². The molecule has 1 aromatic heterocycles. The molecule has 0 amide bonds. The first-order valence-electron chi connectivity index (χ1n) is 7.12. The highest BCUT2D eigenvalue weighted by atomic mass is 79.9. The van der Waals surface area contributed by atoms with E-state index in [1.807, 2.05) is 11.3 Å². The summed E-state index contributed by atoms with van der Waals surface area (Å²) in [5.41, 5.74) is 1.11. The SMILES string of the molecule is CCN(CCO)C1CC(c2nc3ccc(Br)cc3s2)C1. The third kappa shape index (κ3) is 2.77. The van der Waals surface area contributed by atoms with Crippen molar-refractivity contribution < 1.29 is 5.11 Å². The first-order valence-corrected chi connectivity index (χ1v) is 8.73. The molecule has 1 aliphatic carbocycles. The van der Waals surface area contributed by atoms with Gasteiger partial charge in [0.2, 0.25) is 0 Å². The standard InChI is InChI=1S/C15H19BrN2OS/c1-2-18(5-6-19)12-7-10(8-12)15-17-13-4-3-11(16)9-14(13)20-15/h3-4,9-10,12,19H,2,5-8H2,1H3. The summed E-state index contributed by atoms with van der Waals surface area (Å²) < 4.78 is 2.38. The van der Waals surface area contributed by atoms with Crippen LogP contribution in [0.4, 0.5) is 0 Å². The lowest BCUT2D eigenvalue weighted by atomic mass is 9.79. The Morgan fingerprint density at radius 3 is 2.95 bits per heavy atom. The van der Waals surface area contributed by atoms with Crippen molar-refractivity contribution in [1.29, 1.82) is 0 Å². The summed E-state index contributed by atoms with van der Waals surface area (Å²) in [6, 6.07) is 6.90.